The zero-order valence-electron chi connectivity index (χ0n) is 16.4. The Kier molecular flexibility index (Phi) is 5.48. The number of rotatable bonds is 5. The number of amides is 1. The van der Waals surface area contributed by atoms with Gasteiger partial charge in [0.15, 0.2) is 17.3 Å². The summed E-state index contributed by atoms with van der Waals surface area (Å²) in [4.78, 5) is 20.4. The van der Waals surface area contributed by atoms with Crippen molar-refractivity contribution in [1.29, 1.82) is 0 Å². The molecule has 4 rings (SSSR count). The zero-order chi connectivity index (χ0) is 22.2. The van der Waals surface area contributed by atoms with Crippen LogP contribution in [0.5, 0.6) is 0 Å². The molecule has 0 aliphatic carbocycles. The zero-order valence-corrected chi connectivity index (χ0v) is 16.4. The topological polar surface area (TPSA) is 86.9 Å². The Morgan fingerprint density at radius 2 is 2.13 bits per heavy atom. The first-order valence-corrected chi connectivity index (χ1v) is 9.43. The number of carbonyl (C=O) groups excluding carboxylic acids is 1. The van der Waals surface area contributed by atoms with Gasteiger partial charge in [-0.25, -0.2) is 14.4 Å². The van der Waals surface area contributed by atoms with Gasteiger partial charge in [0.2, 0.25) is 5.91 Å². The number of imidazole rings is 1. The maximum absolute atomic E-state index is 14.6. The molecule has 3 aromatic heterocycles. The molecule has 1 atom stereocenters. The minimum atomic E-state index is -4.60. The van der Waals surface area contributed by atoms with Crippen LogP contribution in [0.15, 0.2) is 30.9 Å². The van der Waals surface area contributed by atoms with Gasteiger partial charge in [0.05, 0.1) is 17.6 Å². The number of anilines is 1. The van der Waals surface area contributed by atoms with Gasteiger partial charge in [0, 0.05) is 24.6 Å². The van der Waals surface area contributed by atoms with Gasteiger partial charge in [-0.05, 0) is 25.8 Å². The molecule has 1 saturated heterocycles. The number of aryl methyl sites for hydroxylation is 1. The summed E-state index contributed by atoms with van der Waals surface area (Å²) in [6.07, 6.45) is 1.38. The van der Waals surface area contributed by atoms with E-state index in [0.29, 0.717) is 12.3 Å². The SMILES string of the molecule is Cc1cc(C(F)(F)F)nn1CC(=O)Nc1cnc(-n2cnc(C3CCCO3)c2)c(F)c1. The quantitative estimate of drug-likeness (QED) is 0.617. The molecule has 0 radical (unpaired) electrons. The molecule has 1 amide bonds. The number of aromatic nitrogens is 5. The lowest BCUT2D eigenvalue weighted by Gasteiger charge is -2.09. The lowest BCUT2D eigenvalue weighted by molar-refractivity contribution is -0.141. The van der Waals surface area contributed by atoms with Crippen molar-refractivity contribution in [2.24, 2.45) is 0 Å². The first-order valence-electron chi connectivity index (χ1n) is 9.43. The molecule has 8 nitrogen and oxygen atoms in total. The molecule has 0 aromatic carbocycles. The molecule has 0 saturated carbocycles. The van der Waals surface area contributed by atoms with Gasteiger partial charge >= 0.3 is 6.18 Å². The molecule has 1 fully saturated rings. The molecule has 1 aliphatic heterocycles. The number of carbonyl (C=O) groups is 1. The molecule has 4 heterocycles. The lowest BCUT2D eigenvalue weighted by atomic mass is 10.2. The molecule has 1 N–H and O–H groups in total. The predicted molar refractivity (Wildman–Crippen MR) is 99.8 cm³/mol. The minimum Gasteiger partial charge on any atom is -0.372 e. The average molecular weight is 438 g/mol. The van der Waals surface area contributed by atoms with Crippen molar-refractivity contribution >= 4 is 11.6 Å². The highest BCUT2D eigenvalue weighted by molar-refractivity contribution is 5.90. The number of ether oxygens (including phenoxy) is 1. The highest BCUT2D eigenvalue weighted by Crippen LogP contribution is 2.29. The molecular weight excluding hydrogens is 420 g/mol. The number of hydrogen-bond acceptors (Lipinski definition) is 5. The van der Waals surface area contributed by atoms with Crippen molar-refractivity contribution in [3.63, 3.8) is 0 Å². The van der Waals surface area contributed by atoms with E-state index in [0.717, 1.165) is 29.7 Å². The largest absolute Gasteiger partial charge is 0.435 e. The summed E-state index contributed by atoms with van der Waals surface area (Å²) in [7, 11) is 0. The fraction of sp³-hybridized carbons (Fsp3) is 0.368. The van der Waals surface area contributed by atoms with Crippen molar-refractivity contribution in [3.8, 4) is 5.82 Å². The molecule has 1 unspecified atom stereocenters. The molecule has 164 valence electrons. The van der Waals surface area contributed by atoms with E-state index < -0.39 is 30.1 Å². The molecule has 3 aromatic rings. The number of nitrogens with zero attached hydrogens (tertiary/aromatic N) is 5. The Labute approximate surface area is 173 Å². The average Bonchev–Trinajstić information content (AvgIpc) is 3.42. The van der Waals surface area contributed by atoms with Crippen molar-refractivity contribution in [2.45, 2.75) is 38.6 Å². The molecule has 1 aliphatic rings. The van der Waals surface area contributed by atoms with Crippen molar-refractivity contribution in [1.82, 2.24) is 24.3 Å². The summed E-state index contributed by atoms with van der Waals surface area (Å²) in [5, 5.41) is 5.80. The minimum absolute atomic E-state index is 0.00696. The third kappa shape index (κ3) is 4.58. The van der Waals surface area contributed by atoms with Gasteiger partial charge < -0.3 is 10.1 Å². The Morgan fingerprint density at radius 1 is 1.32 bits per heavy atom. The molecule has 0 bridgehead atoms. The lowest BCUT2D eigenvalue weighted by Crippen LogP contribution is -2.21. The van der Waals surface area contributed by atoms with Gasteiger partial charge in [0.25, 0.3) is 0 Å². The van der Waals surface area contributed by atoms with Crippen LogP contribution in [0.3, 0.4) is 0 Å². The van der Waals surface area contributed by atoms with E-state index in [-0.39, 0.29) is 23.3 Å². The maximum Gasteiger partial charge on any atom is 0.435 e. The van der Waals surface area contributed by atoms with E-state index >= 15 is 0 Å². The van der Waals surface area contributed by atoms with Crippen LogP contribution in [0.1, 0.15) is 36.0 Å². The summed E-state index contributed by atoms with van der Waals surface area (Å²) in [5.41, 5.74) is -0.169. The highest BCUT2D eigenvalue weighted by atomic mass is 19.4. The van der Waals surface area contributed by atoms with Gasteiger partial charge in [-0.2, -0.15) is 18.3 Å². The summed E-state index contributed by atoms with van der Waals surface area (Å²) >= 11 is 0. The second-order valence-corrected chi connectivity index (χ2v) is 7.11. The van der Waals surface area contributed by atoms with E-state index in [9.17, 15) is 22.4 Å². The second kappa shape index (κ2) is 8.10. The van der Waals surface area contributed by atoms with Crippen molar-refractivity contribution in [3.05, 3.63) is 53.8 Å². The van der Waals surface area contributed by atoms with E-state index in [1.54, 1.807) is 6.20 Å². The van der Waals surface area contributed by atoms with Crippen LogP contribution in [0.2, 0.25) is 0 Å². The van der Waals surface area contributed by atoms with Crippen molar-refractivity contribution < 1.29 is 27.1 Å². The van der Waals surface area contributed by atoms with Crippen LogP contribution < -0.4 is 5.32 Å². The van der Waals surface area contributed by atoms with Gasteiger partial charge in [-0.1, -0.05) is 0 Å². The van der Waals surface area contributed by atoms with Crippen LogP contribution in [0.4, 0.5) is 23.2 Å². The standard InChI is InChI=1S/C19H18F4N6O2/c1-11-5-16(19(21,22)23)27-29(11)9-17(30)26-12-6-13(20)18(24-7-12)28-8-14(25-10-28)15-3-2-4-31-15/h5-8,10,15H,2-4,9H2,1H3,(H,26,30). The third-order valence-corrected chi connectivity index (χ3v) is 4.78. The molecular formula is C19H18F4N6O2. The fourth-order valence-electron chi connectivity index (χ4n) is 3.27. The van der Waals surface area contributed by atoms with Crippen LogP contribution in [-0.2, 0) is 22.3 Å². The second-order valence-electron chi connectivity index (χ2n) is 7.11. The van der Waals surface area contributed by atoms with E-state index in [1.165, 1.54) is 24.0 Å². The van der Waals surface area contributed by atoms with Gasteiger partial charge in [-0.15, -0.1) is 0 Å². The summed E-state index contributed by atoms with van der Waals surface area (Å²) < 4.78 is 60.7. The molecule has 12 heteroatoms. The van der Waals surface area contributed by atoms with E-state index in [4.69, 9.17) is 4.74 Å². The number of nitrogens with one attached hydrogen (secondary N) is 1. The Bertz CT molecular complexity index is 1100. The number of pyridine rings is 1. The monoisotopic (exact) mass is 438 g/mol. The van der Waals surface area contributed by atoms with Gasteiger partial charge in [-0.3, -0.25) is 14.0 Å². The molecule has 0 spiro atoms. The van der Waals surface area contributed by atoms with Crippen molar-refractivity contribution in [2.75, 3.05) is 11.9 Å². The van der Waals surface area contributed by atoms with E-state index in [2.05, 4.69) is 20.4 Å². The van der Waals surface area contributed by atoms with Crippen LogP contribution in [0, 0.1) is 12.7 Å². The first-order chi connectivity index (χ1) is 14.7. The Hall–Kier alpha value is -3.28. The third-order valence-electron chi connectivity index (χ3n) is 4.78. The molecule has 31 heavy (non-hydrogen) atoms. The summed E-state index contributed by atoms with van der Waals surface area (Å²) in [6.45, 7) is 1.60. The predicted octanol–water partition coefficient (Wildman–Crippen LogP) is 3.42. The summed E-state index contributed by atoms with van der Waals surface area (Å²) in [6, 6.07) is 1.92. The van der Waals surface area contributed by atoms with Crippen LogP contribution >= 0.6 is 0 Å². The number of hydrogen-bond donors (Lipinski definition) is 1. The smallest absolute Gasteiger partial charge is 0.372 e. The number of halogens is 4. The number of alkyl halides is 3. The Balaban J connectivity index is 1.44. The first kappa shape index (κ1) is 21.0. The van der Waals surface area contributed by atoms with Crippen LogP contribution in [-0.4, -0.2) is 36.8 Å². The summed E-state index contributed by atoms with van der Waals surface area (Å²) in [5.74, 6) is -1.38. The fourth-order valence-corrected chi connectivity index (χ4v) is 3.27. The van der Waals surface area contributed by atoms with Crippen LogP contribution in [0.25, 0.3) is 5.82 Å². The maximum atomic E-state index is 14.6. The Morgan fingerprint density at radius 3 is 2.77 bits per heavy atom. The van der Waals surface area contributed by atoms with E-state index in [1.807, 2.05) is 0 Å². The van der Waals surface area contributed by atoms with Gasteiger partial charge in [0.1, 0.15) is 19.0 Å². The normalized spacial score (nSPS) is 16.6. The highest BCUT2D eigenvalue weighted by Gasteiger charge is 2.34.